The molecule has 1 aromatic heterocycles. The number of amides is 3. The van der Waals surface area contributed by atoms with Crippen LogP contribution in [0.15, 0.2) is 28.7 Å². The highest BCUT2D eigenvalue weighted by Crippen LogP contribution is 2.42. The van der Waals surface area contributed by atoms with Crippen LogP contribution >= 0.6 is 0 Å². The Morgan fingerprint density at radius 1 is 0.964 bits per heavy atom. The lowest BCUT2D eigenvalue weighted by Crippen LogP contribution is -2.50. The molecule has 1 aliphatic heterocycles. The Labute approximate surface area is 330 Å². The van der Waals surface area contributed by atoms with Gasteiger partial charge in [-0.15, -0.1) is 0 Å². The van der Waals surface area contributed by atoms with Crippen LogP contribution in [-0.2, 0) is 33.3 Å². The summed E-state index contributed by atoms with van der Waals surface area (Å²) >= 11 is 0. The molecule has 3 amide bonds. The van der Waals surface area contributed by atoms with E-state index in [1.54, 1.807) is 64.2 Å². The van der Waals surface area contributed by atoms with Crippen molar-refractivity contribution in [3.05, 3.63) is 30.0 Å². The van der Waals surface area contributed by atoms with Gasteiger partial charge in [0.25, 0.3) is 0 Å². The first-order valence-corrected chi connectivity index (χ1v) is 20.3. The second kappa shape index (κ2) is 20.1. The van der Waals surface area contributed by atoms with E-state index in [0.717, 1.165) is 32.1 Å². The molecule has 0 spiro atoms. The van der Waals surface area contributed by atoms with Gasteiger partial charge in [-0.2, -0.15) is 0 Å². The monoisotopic (exact) mass is 787 g/mol. The van der Waals surface area contributed by atoms with Crippen LogP contribution in [0.25, 0.3) is 11.0 Å². The number of rotatable bonds is 16. The zero-order valence-electron chi connectivity index (χ0n) is 33.9. The smallest absolute Gasteiger partial charge is 0.407 e. The minimum absolute atomic E-state index is 0.00477. The summed E-state index contributed by atoms with van der Waals surface area (Å²) in [6.07, 6.45) is 6.76. The van der Waals surface area contributed by atoms with Gasteiger partial charge in [-0.1, -0.05) is 0 Å². The summed E-state index contributed by atoms with van der Waals surface area (Å²) in [4.78, 5) is 55.5. The van der Waals surface area contributed by atoms with Crippen molar-refractivity contribution in [2.75, 3.05) is 52.6 Å². The second-order valence-corrected chi connectivity index (χ2v) is 16.7. The van der Waals surface area contributed by atoms with E-state index in [9.17, 15) is 23.6 Å². The average Bonchev–Trinajstić information content (AvgIpc) is 3.82. The van der Waals surface area contributed by atoms with Crippen LogP contribution in [0.1, 0.15) is 102 Å². The molecule has 2 heterocycles. The summed E-state index contributed by atoms with van der Waals surface area (Å²) < 4.78 is 46.9. The molecule has 2 saturated carbocycles. The Kier molecular flexibility index (Phi) is 15.6. The minimum Gasteiger partial charge on any atom is -0.460 e. The number of likely N-dealkylation sites (tertiary alicyclic amines) is 1. The summed E-state index contributed by atoms with van der Waals surface area (Å²) in [7, 11) is 3.36. The number of benzene rings is 1. The fraction of sp³-hybridized carbons (Fsp3) is 0.714. The largest absolute Gasteiger partial charge is 0.460 e. The maximum absolute atomic E-state index is 14.3. The zero-order chi connectivity index (χ0) is 40.4. The first kappa shape index (κ1) is 43.4. The van der Waals surface area contributed by atoms with Crippen LogP contribution in [-0.4, -0.2) is 106 Å². The molecule has 1 aromatic carbocycles. The van der Waals surface area contributed by atoms with Gasteiger partial charge >= 0.3 is 12.1 Å². The molecule has 14 heteroatoms. The number of carbonyl (C=O) groups excluding carboxylic acids is 4. The fourth-order valence-corrected chi connectivity index (χ4v) is 8.54. The van der Waals surface area contributed by atoms with Crippen molar-refractivity contribution in [2.45, 2.75) is 122 Å². The maximum atomic E-state index is 14.3. The number of nitrogens with one attached hydrogen (secondary N) is 2. The molecule has 3 fully saturated rings. The van der Waals surface area contributed by atoms with Crippen molar-refractivity contribution < 1.29 is 51.7 Å². The van der Waals surface area contributed by atoms with Crippen molar-refractivity contribution in [3.63, 3.8) is 0 Å². The molecule has 13 nitrogen and oxygen atoms in total. The van der Waals surface area contributed by atoms with Crippen LogP contribution in [0.2, 0.25) is 0 Å². The van der Waals surface area contributed by atoms with E-state index in [2.05, 4.69) is 10.6 Å². The first-order valence-electron chi connectivity index (χ1n) is 20.3. The van der Waals surface area contributed by atoms with E-state index in [-0.39, 0.29) is 60.1 Å². The molecule has 312 valence electrons. The van der Waals surface area contributed by atoms with Gasteiger partial charge in [0.2, 0.25) is 17.6 Å². The van der Waals surface area contributed by atoms with Crippen molar-refractivity contribution >= 4 is 40.5 Å². The highest BCUT2D eigenvalue weighted by atomic mass is 19.1. The van der Waals surface area contributed by atoms with Gasteiger partial charge in [0, 0.05) is 50.8 Å². The Morgan fingerprint density at radius 2 is 1.70 bits per heavy atom. The summed E-state index contributed by atoms with van der Waals surface area (Å²) in [6, 6.07) is 5.45. The Hall–Kier alpha value is -3.75. The Morgan fingerprint density at radius 3 is 2.36 bits per heavy atom. The molecule has 5 rings (SSSR count). The summed E-state index contributed by atoms with van der Waals surface area (Å²) in [5.74, 6) is -0.950. The molecular formula is C42H62FN3O10. The van der Waals surface area contributed by atoms with Gasteiger partial charge < -0.3 is 43.6 Å². The summed E-state index contributed by atoms with van der Waals surface area (Å²) in [6.45, 7) is 8.02. The quantitative estimate of drug-likeness (QED) is 0.134. The molecule has 4 atom stereocenters. The Balaban J connectivity index is 1.23. The molecule has 2 aromatic rings. The van der Waals surface area contributed by atoms with Crippen molar-refractivity contribution in [2.24, 2.45) is 23.7 Å². The number of furan rings is 1. The molecule has 3 aliphatic rings. The van der Waals surface area contributed by atoms with Gasteiger partial charge in [0.1, 0.15) is 23.9 Å². The molecule has 0 bridgehead atoms. The van der Waals surface area contributed by atoms with Gasteiger partial charge in [-0.3, -0.25) is 9.59 Å². The summed E-state index contributed by atoms with van der Waals surface area (Å²) in [5, 5.41) is 6.41. The number of halogens is 1. The van der Waals surface area contributed by atoms with Crippen LogP contribution < -0.4 is 10.6 Å². The number of methoxy groups -OCH3 is 2. The van der Waals surface area contributed by atoms with E-state index in [1.807, 2.05) is 6.92 Å². The van der Waals surface area contributed by atoms with Crippen LogP contribution in [0, 0.1) is 23.7 Å². The maximum Gasteiger partial charge on any atom is 0.407 e. The van der Waals surface area contributed by atoms with Gasteiger partial charge in [0.15, 0.2) is 0 Å². The minimum atomic E-state index is -0.717. The number of alkyl halides is 1. The number of hydrogen-bond acceptors (Lipinski definition) is 10. The fourth-order valence-electron chi connectivity index (χ4n) is 8.54. The lowest BCUT2D eigenvalue weighted by molar-refractivity contribution is -0.142. The Bertz CT molecular complexity index is 1610. The second-order valence-electron chi connectivity index (χ2n) is 16.7. The van der Waals surface area contributed by atoms with E-state index >= 15 is 0 Å². The molecule has 1 unspecified atom stereocenters. The third-order valence-corrected chi connectivity index (χ3v) is 11.6. The number of nitrogens with zero attached hydrogens (tertiary/aromatic N) is 1. The highest BCUT2D eigenvalue weighted by Gasteiger charge is 2.47. The number of alkyl carbamates (subject to hydrolysis) is 1. The number of esters is 1. The third kappa shape index (κ3) is 11.7. The van der Waals surface area contributed by atoms with Crippen molar-refractivity contribution in [3.8, 4) is 0 Å². The van der Waals surface area contributed by atoms with Crippen molar-refractivity contribution in [1.82, 2.24) is 10.2 Å². The zero-order valence-corrected chi connectivity index (χ0v) is 33.9. The van der Waals surface area contributed by atoms with E-state index in [1.165, 1.54) is 0 Å². The predicted octanol–water partition coefficient (Wildman–Crippen LogP) is 7.06. The standard InChI is InChI=1S/C42H62FN3O10/c1-26(51-5)25-53-20-7-21-54-40(49)36-23-30-22-31(14-17-35(30)55-36)44-38(47)37-33(27-12-15-32(52-6)16-13-27)18-19-46(37)39(48)29-10-8-28(9-11-29)34(24-43)45-41(50)56-42(2,3)4/h14,17,22-23,26-29,32-34,37H,7-13,15-16,18-21,24-25H2,1-6H3,(H,44,47)(H,45,50)/t26?,27?,28?,29?,32?,33-,34+,37+/m0/s1. The SMILES string of the molecule is COC(C)COCCCOC(=O)c1cc2cc(NC(=O)[C@H]3[C@H](C4CCC(OC)CC4)CCN3C(=O)C3CCC([C@@H](CF)NC(=O)OC(C)(C)C)CC3)ccc2o1. The molecule has 56 heavy (non-hydrogen) atoms. The topological polar surface area (TPSA) is 155 Å². The molecule has 2 N–H and O–H groups in total. The normalized spacial score (nSPS) is 25.4. The lowest BCUT2D eigenvalue weighted by Gasteiger charge is -2.38. The summed E-state index contributed by atoms with van der Waals surface area (Å²) in [5.41, 5.74) is 0.311. The van der Waals surface area contributed by atoms with E-state index < -0.39 is 36.4 Å². The van der Waals surface area contributed by atoms with E-state index in [0.29, 0.717) is 68.5 Å². The van der Waals surface area contributed by atoms with Gasteiger partial charge in [0.05, 0.1) is 31.5 Å². The number of carbonyl (C=O) groups is 4. The van der Waals surface area contributed by atoms with Crippen molar-refractivity contribution in [1.29, 1.82) is 0 Å². The van der Waals surface area contributed by atoms with Crippen LogP contribution in [0.5, 0.6) is 0 Å². The highest BCUT2D eigenvalue weighted by molar-refractivity contribution is 6.00. The third-order valence-electron chi connectivity index (χ3n) is 11.6. The number of hydrogen-bond donors (Lipinski definition) is 2. The predicted molar refractivity (Wildman–Crippen MR) is 208 cm³/mol. The molecular weight excluding hydrogens is 725 g/mol. The number of anilines is 1. The van der Waals surface area contributed by atoms with Gasteiger partial charge in [-0.05, 0) is 128 Å². The lowest BCUT2D eigenvalue weighted by atomic mass is 9.75. The molecule has 0 radical (unpaired) electrons. The van der Waals surface area contributed by atoms with Crippen LogP contribution in [0.3, 0.4) is 0 Å². The van der Waals surface area contributed by atoms with E-state index in [4.69, 9.17) is 28.1 Å². The van der Waals surface area contributed by atoms with Crippen LogP contribution in [0.4, 0.5) is 14.9 Å². The number of ether oxygens (including phenoxy) is 5. The van der Waals surface area contributed by atoms with Gasteiger partial charge in [-0.25, -0.2) is 14.0 Å². The molecule has 1 saturated heterocycles. The first-order chi connectivity index (χ1) is 26.8. The average molecular weight is 788 g/mol. The molecule has 2 aliphatic carbocycles. The number of fused-ring (bicyclic) bond motifs is 1.